The molecule has 0 aromatic rings. The van der Waals surface area contributed by atoms with Gasteiger partial charge in [0.05, 0.1) is 0 Å². The Morgan fingerprint density at radius 2 is 2.06 bits per heavy atom. The van der Waals surface area contributed by atoms with Crippen molar-refractivity contribution in [2.45, 2.75) is 52.9 Å². The first-order valence-electron chi connectivity index (χ1n) is 6.75. The van der Waals surface area contributed by atoms with E-state index in [2.05, 4.69) is 32.9 Å². The molecule has 0 aromatic carbocycles. The third-order valence-electron chi connectivity index (χ3n) is 5.19. The van der Waals surface area contributed by atoms with Crippen molar-refractivity contribution in [2.24, 2.45) is 22.7 Å². The van der Waals surface area contributed by atoms with Gasteiger partial charge in [0, 0.05) is 6.42 Å². The molecule has 3 unspecified atom stereocenters. The van der Waals surface area contributed by atoms with Crippen LogP contribution in [-0.2, 0) is 4.79 Å². The van der Waals surface area contributed by atoms with Gasteiger partial charge in [0.1, 0.15) is 0 Å². The van der Waals surface area contributed by atoms with Crippen LogP contribution in [0.15, 0.2) is 12.2 Å². The molecule has 17 heavy (non-hydrogen) atoms. The summed E-state index contributed by atoms with van der Waals surface area (Å²) in [6.07, 6.45) is 9.53. The van der Waals surface area contributed by atoms with Crippen LogP contribution in [-0.4, -0.2) is 11.1 Å². The number of carboxylic acids is 1. The molecule has 96 valence electrons. The van der Waals surface area contributed by atoms with E-state index in [9.17, 15) is 4.79 Å². The summed E-state index contributed by atoms with van der Waals surface area (Å²) in [4.78, 5) is 11.0. The summed E-state index contributed by atoms with van der Waals surface area (Å²) in [6.45, 7) is 6.99. The minimum Gasteiger partial charge on any atom is -0.481 e. The zero-order valence-electron chi connectivity index (χ0n) is 11.2. The van der Waals surface area contributed by atoms with Crippen LogP contribution in [0.3, 0.4) is 0 Å². The molecule has 2 rings (SSSR count). The minimum absolute atomic E-state index is 0.189. The zero-order chi connectivity index (χ0) is 12.7. The maximum Gasteiger partial charge on any atom is 0.303 e. The fourth-order valence-corrected chi connectivity index (χ4v) is 4.24. The highest BCUT2D eigenvalue weighted by molar-refractivity contribution is 5.67. The zero-order valence-corrected chi connectivity index (χ0v) is 11.2. The van der Waals surface area contributed by atoms with Crippen LogP contribution in [0.1, 0.15) is 52.9 Å². The number of hydrogen-bond acceptors (Lipinski definition) is 1. The topological polar surface area (TPSA) is 37.3 Å². The maximum absolute atomic E-state index is 11.0. The molecule has 0 radical (unpaired) electrons. The number of aliphatic carboxylic acids is 1. The molecule has 2 aliphatic rings. The molecule has 2 nitrogen and oxygen atoms in total. The largest absolute Gasteiger partial charge is 0.481 e. The molecule has 0 aromatic heterocycles. The molecule has 2 heteroatoms. The van der Waals surface area contributed by atoms with Crippen molar-refractivity contribution in [3.05, 3.63) is 12.2 Å². The molecule has 1 N–H and O–H groups in total. The summed E-state index contributed by atoms with van der Waals surface area (Å²) < 4.78 is 0. The van der Waals surface area contributed by atoms with E-state index in [-0.39, 0.29) is 5.41 Å². The predicted molar refractivity (Wildman–Crippen MR) is 68.7 cm³/mol. The van der Waals surface area contributed by atoms with Crippen molar-refractivity contribution in [1.29, 1.82) is 0 Å². The molecule has 0 aliphatic heterocycles. The lowest BCUT2D eigenvalue weighted by Crippen LogP contribution is -2.47. The van der Waals surface area contributed by atoms with E-state index in [0.29, 0.717) is 23.7 Å². The highest BCUT2D eigenvalue weighted by atomic mass is 16.4. The number of carboxylic acid groups (broad SMARTS) is 1. The minimum atomic E-state index is -0.645. The molecule has 1 saturated carbocycles. The molecular formula is C15H24O2. The molecule has 0 saturated heterocycles. The van der Waals surface area contributed by atoms with Gasteiger partial charge in [-0.1, -0.05) is 39.3 Å². The lowest BCUT2D eigenvalue weighted by molar-refractivity contribution is -0.141. The molecule has 0 spiro atoms. The summed E-state index contributed by atoms with van der Waals surface area (Å²) in [5, 5.41) is 9.08. The third-order valence-corrected chi connectivity index (χ3v) is 5.19. The van der Waals surface area contributed by atoms with E-state index in [1.54, 1.807) is 0 Å². The first-order chi connectivity index (χ1) is 7.86. The molecule has 0 bridgehead atoms. The standard InChI is InChI=1S/C15H24O2/c1-14(2)8-5-9-15(3)11(10-13(16)17)6-4-7-12(14)15/h4,7,11-12H,5-6,8-10H2,1-3H3,(H,16,17). The fraction of sp³-hybridized carbons (Fsp3) is 0.800. The van der Waals surface area contributed by atoms with Crippen LogP contribution in [0.25, 0.3) is 0 Å². The molecule has 2 aliphatic carbocycles. The molecular weight excluding hydrogens is 212 g/mol. The van der Waals surface area contributed by atoms with Crippen LogP contribution in [0.4, 0.5) is 0 Å². The van der Waals surface area contributed by atoms with Crippen molar-refractivity contribution >= 4 is 5.97 Å². The second-order valence-corrected chi connectivity index (χ2v) is 6.78. The molecule has 0 amide bonds. The fourth-order valence-electron chi connectivity index (χ4n) is 4.24. The first-order valence-corrected chi connectivity index (χ1v) is 6.75. The molecule has 1 fully saturated rings. The average Bonchev–Trinajstić information content (AvgIpc) is 2.18. The number of rotatable bonds is 2. The normalized spacial score (nSPS) is 39.7. The van der Waals surface area contributed by atoms with E-state index < -0.39 is 5.97 Å². The van der Waals surface area contributed by atoms with Crippen molar-refractivity contribution < 1.29 is 9.90 Å². The van der Waals surface area contributed by atoms with E-state index >= 15 is 0 Å². The summed E-state index contributed by atoms with van der Waals surface area (Å²) in [6, 6.07) is 0. The number of carbonyl (C=O) groups is 1. The first kappa shape index (κ1) is 12.7. The smallest absolute Gasteiger partial charge is 0.303 e. The predicted octanol–water partition coefficient (Wildman–Crippen LogP) is 3.87. The Balaban J connectivity index is 2.29. The van der Waals surface area contributed by atoms with Gasteiger partial charge in [0.2, 0.25) is 0 Å². The highest BCUT2D eigenvalue weighted by Crippen LogP contribution is 2.58. The monoisotopic (exact) mass is 236 g/mol. The van der Waals surface area contributed by atoms with Gasteiger partial charge < -0.3 is 5.11 Å². The van der Waals surface area contributed by atoms with Crippen LogP contribution in [0.5, 0.6) is 0 Å². The Hall–Kier alpha value is -0.790. The summed E-state index contributed by atoms with van der Waals surface area (Å²) >= 11 is 0. The Labute approximate surface area is 104 Å². The summed E-state index contributed by atoms with van der Waals surface area (Å²) in [7, 11) is 0. The maximum atomic E-state index is 11.0. The van der Waals surface area contributed by atoms with Crippen molar-refractivity contribution in [3.8, 4) is 0 Å². The Morgan fingerprint density at radius 3 is 2.71 bits per heavy atom. The highest BCUT2D eigenvalue weighted by Gasteiger charge is 2.50. The van der Waals surface area contributed by atoms with E-state index in [0.717, 1.165) is 6.42 Å². The van der Waals surface area contributed by atoms with Crippen molar-refractivity contribution in [3.63, 3.8) is 0 Å². The lowest BCUT2D eigenvalue weighted by atomic mass is 9.50. The van der Waals surface area contributed by atoms with Crippen LogP contribution >= 0.6 is 0 Å². The molecule has 0 heterocycles. The lowest BCUT2D eigenvalue weighted by Gasteiger charge is -2.55. The Kier molecular flexibility index (Phi) is 3.09. The quantitative estimate of drug-likeness (QED) is 0.739. The van der Waals surface area contributed by atoms with E-state index in [4.69, 9.17) is 5.11 Å². The van der Waals surface area contributed by atoms with Crippen LogP contribution in [0, 0.1) is 22.7 Å². The number of fused-ring (bicyclic) bond motifs is 1. The van der Waals surface area contributed by atoms with Crippen molar-refractivity contribution in [2.75, 3.05) is 0 Å². The van der Waals surface area contributed by atoms with Gasteiger partial charge in [-0.2, -0.15) is 0 Å². The van der Waals surface area contributed by atoms with Gasteiger partial charge in [-0.15, -0.1) is 0 Å². The summed E-state index contributed by atoms with van der Waals surface area (Å²) in [5.41, 5.74) is 0.509. The second-order valence-electron chi connectivity index (χ2n) is 6.78. The van der Waals surface area contributed by atoms with Gasteiger partial charge >= 0.3 is 5.97 Å². The Morgan fingerprint density at radius 1 is 1.35 bits per heavy atom. The molecule has 3 atom stereocenters. The second kappa shape index (κ2) is 4.15. The Bertz CT molecular complexity index is 343. The third kappa shape index (κ3) is 2.14. The van der Waals surface area contributed by atoms with Crippen molar-refractivity contribution in [1.82, 2.24) is 0 Å². The number of allylic oxidation sites excluding steroid dienone is 2. The van der Waals surface area contributed by atoms with E-state index in [1.807, 2.05) is 0 Å². The SMILES string of the molecule is CC1(C)CCCC2(C)C(CC(=O)O)CC=CC12. The number of hydrogen-bond donors (Lipinski definition) is 1. The van der Waals surface area contributed by atoms with Gasteiger partial charge in [0.15, 0.2) is 0 Å². The van der Waals surface area contributed by atoms with Crippen LogP contribution in [0.2, 0.25) is 0 Å². The average molecular weight is 236 g/mol. The van der Waals surface area contributed by atoms with Gasteiger partial charge in [-0.25, -0.2) is 0 Å². The van der Waals surface area contributed by atoms with Gasteiger partial charge in [0.25, 0.3) is 0 Å². The van der Waals surface area contributed by atoms with E-state index in [1.165, 1.54) is 19.3 Å². The van der Waals surface area contributed by atoms with Gasteiger partial charge in [-0.05, 0) is 41.9 Å². The van der Waals surface area contributed by atoms with Crippen LogP contribution < -0.4 is 0 Å². The van der Waals surface area contributed by atoms with Gasteiger partial charge in [-0.3, -0.25) is 4.79 Å². The summed E-state index contributed by atoms with van der Waals surface area (Å²) in [5.74, 6) is 0.213.